The predicted molar refractivity (Wildman–Crippen MR) is 73.6 cm³/mol. The summed E-state index contributed by atoms with van der Waals surface area (Å²) in [5, 5.41) is 9.52. The number of hydrogen-bond acceptors (Lipinski definition) is 3. The van der Waals surface area contributed by atoms with Crippen molar-refractivity contribution in [3.63, 3.8) is 0 Å². The summed E-state index contributed by atoms with van der Waals surface area (Å²) in [6.45, 7) is 0. The highest BCUT2D eigenvalue weighted by atomic mass is 127. The van der Waals surface area contributed by atoms with Gasteiger partial charge in [0.25, 0.3) is 0 Å². The van der Waals surface area contributed by atoms with Crippen molar-refractivity contribution in [3.8, 4) is 11.4 Å². The van der Waals surface area contributed by atoms with Gasteiger partial charge in [0.15, 0.2) is 5.82 Å². The van der Waals surface area contributed by atoms with E-state index in [-0.39, 0.29) is 0 Å². The van der Waals surface area contributed by atoms with E-state index in [0.29, 0.717) is 5.92 Å². The van der Waals surface area contributed by atoms with E-state index >= 15 is 0 Å². The third kappa shape index (κ3) is 2.02. The van der Waals surface area contributed by atoms with Gasteiger partial charge in [0.05, 0.1) is 2.88 Å². The van der Waals surface area contributed by atoms with E-state index in [9.17, 15) is 0 Å². The Hall–Kier alpha value is -0.430. The molecule has 2 aromatic heterocycles. The van der Waals surface area contributed by atoms with Crippen molar-refractivity contribution < 1.29 is 0 Å². The van der Waals surface area contributed by atoms with Crippen LogP contribution in [0.25, 0.3) is 11.4 Å². The van der Waals surface area contributed by atoms with Crippen LogP contribution in [0.3, 0.4) is 0 Å². The Balaban J connectivity index is 1.87. The average Bonchev–Trinajstić information content (AvgIpc) is 2.97. The molecule has 1 saturated carbocycles. The van der Waals surface area contributed by atoms with Crippen LogP contribution in [0.1, 0.15) is 37.4 Å². The third-order valence-electron chi connectivity index (χ3n) is 3.07. The lowest BCUT2D eigenvalue weighted by Gasteiger charge is -2.01. The Morgan fingerprint density at radius 3 is 2.88 bits per heavy atom. The van der Waals surface area contributed by atoms with Gasteiger partial charge >= 0.3 is 0 Å². The lowest BCUT2D eigenvalue weighted by molar-refractivity contribution is 0.672. The summed E-state index contributed by atoms with van der Waals surface area (Å²) in [6, 6.07) is 2.13. The fourth-order valence-corrected chi connectivity index (χ4v) is 3.54. The van der Waals surface area contributed by atoms with Gasteiger partial charge in [-0.05, 0) is 41.5 Å². The van der Waals surface area contributed by atoms with Gasteiger partial charge < -0.3 is 0 Å². The van der Waals surface area contributed by atoms with Gasteiger partial charge in [-0.15, -0.1) is 11.3 Å². The van der Waals surface area contributed by atoms with Crippen LogP contribution < -0.4 is 0 Å². The molecule has 1 N–H and O–H groups in total. The first-order chi connectivity index (χ1) is 7.83. The first-order valence-electron chi connectivity index (χ1n) is 5.49. The molecule has 2 aromatic rings. The second-order valence-corrected chi connectivity index (χ2v) is 6.97. The summed E-state index contributed by atoms with van der Waals surface area (Å²) in [5.74, 6) is 2.54. The second kappa shape index (κ2) is 4.44. The quantitative estimate of drug-likeness (QED) is 0.842. The maximum atomic E-state index is 4.61. The maximum absolute atomic E-state index is 4.61. The van der Waals surface area contributed by atoms with Crippen LogP contribution >= 0.6 is 33.9 Å². The van der Waals surface area contributed by atoms with E-state index in [4.69, 9.17) is 0 Å². The van der Waals surface area contributed by atoms with Gasteiger partial charge in [-0.1, -0.05) is 12.8 Å². The number of nitrogens with one attached hydrogen (secondary N) is 1. The number of H-pyrrole nitrogens is 1. The van der Waals surface area contributed by atoms with Crippen molar-refractivity contribution >= 4 is 33.9 Å². The molecular formula is C11H12IN3S. The zero-order chi connectivity index (χ0) is 11.0. The molecular weight excluding hydrogens is 333 g/mol. The van der Waals surface area contributed by atoms with Crippen LogP contribution in [0.15, 0.2) is 11.4 Å². The minimum absolute atomic E-state index is 0.610. The van der Waals surface area contributed by atoms with Gasteiger partial charge in [0.2, 0.25) is 0 Å². The highest BCUT2D eigenvalue weighted by molar-refractivity contribution is 14.1. The summed E-state index contributed by atoms with van der Waals surface area (Å²) in [4.78, 5) is 4.61. The molecule has 1 aliphatic carbocycles. The average molecular weight is 345 g/mol. The molecule has 0 unspecified atom stereocenters. The van der Waals surface area contributed by atoms with Crippen molar-refractivity contribution in [2.45, 2.75) is 31.6 Å². The van der Waals surface area contributed by atoms with Crippen LogP contribution in [0.2, 0.25) is 0 Å². The summed E-state index contributed by atoms with van der Waals surface area (Å²) >= 11 is 4.06. The van der Waals surface area contributed by atoms with E-state index in [2.05, 4.69) is 49.2 Å². The Bertz CT molecular complexity index is 485. The Kier molecular flexibility index (Phi) is 2.97. The zero-order valence-corrected chi connectivity index (χ0v) is 11.7. The van der Waals surface area contributed by atoms with Crippen molar-refractivity contribution in [2.75, 3.05) is 0 Å². The largest absolute Gasteiger partial charge is 0.262 e. The van der Waals surface area contributed by atoms with Crippen LogP contribution in [0, 0.1) is 2.88 Å². The highest BCUT2D eigenvalue weighted by Crippen LogP contribution is 2.33. The molecule has 0 atom stereocenters. The van der Waals surface area contributed by atoms with Crippen molar-refractivity contribution in [3.05, 3.63) is 20.2 Å². The van der Waals surface area contributed by atoms with E-state index in [1.807, 2.05) is 0 Å². The number of aromatic amines is 1. The minimum atomic E-state index is 0.610. The predicted octanol–water partition coefficient (Wildman–Crippen LogP) is 3.80. The van der Waals surface area contributed by atoms with E-state index in [1.165, 1.54) is 28.6 Å². The molecule has 5 heteroatoms. The molecule has 0 amide bonds. The molecule has 0 bridgehead atoms. The van der Waals surface area contributed by atoms with Gasteiger partial charge in [-0.3, -0.25) is 5.10 Å². The van der Waals surface area contributed by atoms with Crippen molar-refractivity contribution in [1.29, 1.82) is 0 Å². The number of hydrogen-bond donors (Lipinski definition) is 1. The smallest absolute Gasteiger partial charge is 0.182 e. The minimum Gasteiger partial charge on any atom is -0.262 e. The SMILES string of the molecule is Ic1cc(-c2n[nH]c(C3CCCC3)n2)cs1. The molecule has 0 saturated heterocycles. The molecule has 3 nitrogen and oxygen atoms in total. The second-order valence-electron chi connectivity index (χ2n) is 4.17. The molecule has 0 radical (unpaired) electrons. The number of halogens is 1. The lowest BCUT2D eigenvalue weighted by atomic mass is 10.1. The fourth-order valence-electron chi connectivity index (χ4n) is 2.21. The van der Waals surface area contributed by atoms with Gasteiger partial charge in [0.1, 0.15) is 5.82 Å². The molecule has 1 fully saturated rings. The van der Waals surface area contributed by atoms with Crippen LogP contribution in [-0.2, 0) is 0 Å². The van der Waals surface area contributed by atoms with Crippen molar-refractivity contribution in [1.82, 2.24) is 15.2 Å². The fraction of sp³-hybridized carbons (Fsp3) is 0.455. The summed E-state index contributed by atoms with van der Waals surface area (Å²) in [6.07, 6.45) is 5.18. The summed E-state index contributed by atoms with van der Waals surface area (Å²) in [5.41, 5.74) is 1.13. The number of thiophene rings is 1. The standard InChI is InChI=1S/C11H12IN3S/c12-9-5-8(6-16-9)11-13-10(14-15-11)7-3-1-2-4-7/h5-7H,1-4H2,(H,13,14,15). The number of rotatable bonds is 2. The van der Waals surface area contributed by atoms with E-state index in [1.54, 1.807) is 11.3 Å². The molecule has 2 heterocycles. The Morgan fingerprint density at radius 2 is 2.19 bits per heavy atom. The first kappa shape index (κ1) is 10.7. The van der Waals surface area contributed by atoms with E-state index < -0.39 is 0 Å². The molecule has 0 aliphatic heterocycles. The van der Waals surface area contributed by atoms with Crippen molar-refractivity contribution in [2.24, 2.45) is 0 Å². The van der Waals surface area contributed by atoms with Gasteiger partial charge in [-0.2, -0.15) is 5.10 Å². The third-order valence-corrected chi connectivity index (χ3v) is 4.86. The summed E-state index contributed by atoms with van der Waals surface area (Å²) in [7, 11) is 0. The van der Waals surface area contributed by atoms with E-state index in [0.717, 1.165) is 17.2 Å². The molecule has 0 aromatic carbocycles. The number of aromatic nitrogens is 3. The molecule has 3 rings (SSSR count). The monoisotopic (exact) mass is 345 g/mol. The topological polar surface area (TPSA) is 41.6 Å². The normalized spacial score (nSPS) is 17.1. The molecule has 1 aliphatic rings. The van der Waals surface area contributed by atoms with Gasteiger partial charge in [-0.25, -0.2) is 4.98 Å². The maximum Gasteiger partial charge on any atom is 0.182 e. The van der Waals surface area contributed by atoms with Crippen LogP contribution in [0.4, 0.5) is 0 Å². The highest BCUT2D eigenvalue weighted by Gasteiger charge is 2.20. The Labute approximate surface area is 112 Å². The van der Waals surface area contributed by atoms with Crippen LogP contribution in [0.5, 0.6) is 0 Å². The van der Waals surface area contributed by atoms with Crippen LogP contribution in [-0.4, -0.2) is 15.2 Å². The first-order valence-corrected chi connectivity index (χ1v) is 7.45. The Morgan fingerprint density at radius 1 is 1.38 bits per heavy atom. The summed E-state index contributed by atoms with van der Waals surface area (Å²) < 4.78 is 1.28. The lowest BCUT2D eigenvalue weighted by Crippen LogP contribution is -1.94. The molecule has 16 heavy (non-hydrogen) atoms. The zero-order valence-electron chi connectivity index (χ0n) is 8.74. The number of nitrogens with zero attached hydrogens (tertiary/aromatic N) is 2. The molecule has 0 spiro atoms. The molecule has 84 valence electrons. The van der Waals surface area contributed by atoms with Gasteiger partial charge in [0, 0.05) is 16.9 Å².